The number of ether oxygens (including phenoxy) is 1. The molecule has 0 aliphatic heterocycles. The second-order valence-corrected chi connectivity index (χ2v) is 6.45. The third-order valence-corrected chi connectivity index (χ3v) is 5.37. The van der Waals surface area contributed by atoms with Crippen molar-refractivity contribution in [2.45, 2.75) is 26.7 Å². The summed E-state index contributed by atoms with van der Waals surface area (Å²) in [6, 6.07) is 6.14. The van der Waals surface area contributed by atoms with Crippen LogP contribution in [-0.4, -0.2) is 23.5 Å². The fourth-order valence-corrected chi connectivity index (χ4v) is 4.39. The quantitative estimate of drug-likeness (QED) is 0.725. The molecule has 0 spiro atoms. The monoisotopic (exact) mass is 418 g/mol. The molecule has 0 aliphatic carbocycles. The normalized spacial score (nSPS) is 10.9. The summed E-state index contributed by atoms with van der Waals surface area (Å²) in [5.74, 6) is 0.953. The molecule has 2 aromatic rings. The summed E-state index contributed by atoms with van der Waals surface area (Å²) < 4.78 is 7.55. The van der Waals surface area contributed by atoms with Crippen LogP contribution in [0.5, 0.6) is 5.75 Å². The first-order valence-electron chi connectivity index (χ1n) is 6.86. The van der Waals surface area contributed by atoms with Gasteiger partial charge in [0, 0.05) is 54.4 Å². The van der Waals surface area contributed by atoms with Crippen molar-refractivity contribution >= 4 is 47.1 Å². The highest BCUT2D eigenvalue weighted by atomic mass is 127. The third-order valence-electron chi connectivity index (χ3n) is 3.58. The molecule has 0 aliphatic rings. The molecule has 2 rings (SSSR count). The number of nitrogens with one attached hydrogen (secondary N) is 1. The molecule has 1 N–H and O–H groups in total. The first kappa shape index (κ1) is 16.5. The van der Waals surface area contributed by atoms with Gasteiger partial charge in [0.25, 0.3) is 0 Å². The molecule has 21 heavy (non-hydrogen) atoms. The van der Waals surface area contributed by atoms with E-state index in [-0.39, 0.29) is 5.91 Å². The summed E-state index contributed by atoms with van der Waals surface area (Å²) in [6.07, 6.45) is 1.35. The van der Waals surface area contributed by atoms with Gasteiger partial charge in [-0.05, 0) is 37.1 Å². The van der Waals surface area contributed by atoms with Crippen LogP contribution in [0.1, 0.15) is 24.6 Å². The van der Waals surface area contributed by atoms with Gasteiger partial charge in [-0.15, -0.1) is 0 Å². The smallest absolute Gasteiger partial charge is 0.219 e. The maximum atomic E-state index is 11.4. The predicted octanol–water partition coefficient (Wildman–Crippen LogP) is 3.87. The van der Waals surface area contributed by atoms with E-state index < -0.39 is 0 Å². The number of carbonyl (C=O) groups excluding carboxylic acids is 1. The minimum atomic E-state index is 0.0947. The van der Waals surface area contributed by atoms with E-state index in [1.807, 2.05) is 13.0 Å². The van der Waals surface area contributed by atoms with Crippen LogP contribution in [0.3, 0.4) is 0 Å². The molecule has 4 nitrogen and oxygen atoms in total. The first-order valence-corrected chi connectivity index (χ1v) is 10.2. The van der Waals surface area contributed by atoms with Crippen molar-refractivity contribution in [1.29, 1.82) is 0 Å². The summed E-state index contributed by atoms with van der Waals surface area (Å²) in [5.41, 5.74) is 3.68. The molecule has 1 aromatic carbocycles. The van der Waals surface area contributed by atoms with E-state index in [4.69, 9.17) is 4.74 Å². The largest absolute Gasteiger partial charge is 0.497 e. The summed E-state index contributed by atoms with van der Waals surface area (Å²) in [7, 11) is 3.34. The molecular formula is C15H19IN2O2S. The number of carbonyl (C=O) groups is 1. The van der Waals surface area contributed by atoms with Gasteiger partial charge < -0.3 is 10.1 Å². The topological polar surface area (TPSA) is 43.3 Å². The molecule has 0 fully saturated rings. The second-order valence-electron chi connectivity index (χ2n) is 4.76. The van der Waals surface area contributed by atoms with Crippen molar-refractivity contribution in [3.05, 3.63) is 29.5 Å². The minimum absolute atomic E-state index is 0.0947. The Morgan fingerprint density at radius 2 is 2.24 bits per heavy atom. The lowest BCUT2D eigenvalue weighted by atomic mass is 10.1. The van der Waals surface area contributed by atoms with Gasteiger partial charge in [-0.1, -0.05) is 6.92 Å². The van der Waals surface area contributed by atoms with Gasteiger partial charge in [-0.3, -0.25) is 8.77 Å². The molecule has 0 unspecified atom stereocenters. The van der Waals surface area contributed by atoms with Crippen molar-refractivity contribution in [1.82, 2.24) is 9.29 Å². The van der Waals surface area contributed by atoms with Gasteiger partial charge in [0.05, 0.1) is 12.6 Å². The number of methoxy groups -OCH3 is 1. The van der Waals surface area contributed by atoms with Gasteiger partial charge in [0.2, 0.25) is 5.91 Å². The number of rotatable bonds is 6. The van der Waals surface area contributed by atoms with Crippen molar-refractivity contribution in [3.8, 4) is 5.75 Å². The lowest BCUT2D eigenvalue weighted by Gasteiger charge is -2.05. The minimum Gasteiger partial charge on any atom is -0.497 e. The van der Waals surface area contributed by atoms with Crippen LogP contribution in [0.4, 0.5) is 0 Å². The average Bonchev–Trinajstić information content (AvgIpc) is 2.78. The summed E-state index contributed by atoms with van der Waals surface area (Å²) in [5, 5.41) is 4.14. The van der Waals surface area contributed by atoms with Crippen LogP contribution < -0.4 is 10.1 Å². The van der Waals surface area contributed by atoms with E-state index in [2.05, 4.69) is 49.6 Å². The fraction of sp³-hybridized carbons (Fsp3) is 0.400. The van der Waals surface area contributed by atoms with E-state index in [1.54, 1.807) is 16.2 Å². The van der Waals surface area contributed by atoms with Crippen LogP contribution >= 0.6 is 30.3 Å². The average molecular weight is 418 g/mol. The van der Waals surface area contributed by atoms with Crippen molar-refractivity contribution in [2.24, 2.45) is 0 Å². The number of halogens is 1. The number of hydrogen-bond donors (Lipinski definition) is 1. The maximum absolute atomic E-state index is 11.4. The van der Waals surface area contributed by atoms with Gasteiger partial charge in [-0.2, -0.15) is 0 Å². The van der Waals surface area contributed by atoms with Gasteiger partial charge >= 0.3 is 0 Å². The predicted molar refractivity (Wildman–Crippen MR) is 97.2 cm³/mol. The van der Waals surface area contributed by atoms with Gasteiger partial charge in [0.1, 0.15) is 5.75 Å². The highest BCUT2D eigenvalue weighted by Crippen LogP contribution is 2.34. The van der Waals surface area contributed by atoms with E-state index in [9.17, 15) is 4.79 Å². The van der Waals surface area contributed by atoms with Crippen LogP contribution in [-0.2, 0) is 11.2 Å². The molecule has 0 bridgehead atoms. The Morgan fingerprint density at radius 1 is 1.48 bits per heavy atom. The molecule has 1 amide bonds. The first-order chi connectivity index (χ1) is 10.1. The zero-order chi connectivity index (χ0) is 15.4. The lowest BCUT2D eigenvalue weighted by Crippen LogP contribution is -2.24. The second kappa shape index (κ2) is 7.40. The summed E-state index contributed by atoms with van der Waals surface area (Å²) in [6.45, 7) is 4.65. The summed E-state index contributed by atoms with van der Waals surface area (Å²) >= 11 is 2.29. The molecular weight excluding hydrogens is 399 g/mol. The molecule has 0 radical (unpaired) electrons. The van der Waals surface area contributed by atoms with Crippen LogP contribution in [0.2, 0.25) is 0 Å². The SMILES string of the molecule is CCC(=O)NCCc1c(C)n(SI)c2ccc(OC)cc12. The van der Waals surface area contributed by atoms with Gasteiger partial charge in [-0.25, -0.2) is 0 Å². The van der Waals surface area contributed by atoms with Gasteiger partial charge in [0.15, 0.2) is 0 Å². The molecule has 114 valence electrons. The number of nitrogens with zero attached hydrogens (tertiary/aromatic N) is 1. The number of fused-ring (bicyclic) bond motifs is 1. The van der Waals surface area contributed by atoms with Crippen LogP contribution in [0.25, 0.3) is 10.9 Å². The van der Waals surface area contributed by atoms with Crippen molar-refractivity contribution < 1.29 is 9.53 Å². The Morgan fingerprint density at radius 3 is 2.86 bits per heavy atom. The number of aromatic nitrogens is 1. The van der Waals surface area contributed by atoms with Crippen LogP contribution in [0, 0.1) is 6.92 Å². The number of amides is 1. The molecule has 0 saturated carbocycles. The van der Waals surface area contributed by atoms with E-state index >= 15 is 0 Å². The molecule has 0 saturated heterocycles. The molecule has 1 heterocycles. The molecule has 6 heteroatoms. The summed E-state index contributed by atoms with van der Waals surface area (Å²) in [4.78, 5) is 11.4. The van der Waals surface area contributed by atoms with E-state index in [0.29, 0.717) is 13.0 Å². The van der Waals surface area contributed by atoms with Crippen molar-refractivity contribution in [3.63, 3.8) is 0 Å². The lowest BCUT2D eigenvalue weighted by molar-refractivity contribution is -0.120. The maximum Gasteiger partial charge on any atom is 0.219 e. The molecule has 0 atom stereocenters. The zero-order valence-corrected chi connectivity index (χ0v) is 15.4. The standard InChI is InChI=1S/C15H19IN2O2S/c1-4-15(19)17-8-7-12-10(2)18(21-16)14-6-5-11(20-3)9-13(12)14/h5-6,9H,4,7-8H2,1-3H3,(H,17,19). The Labute approximate surface area is 141 Å². The van der Waals surface area contributed by atoms with E-state index in [1.165, 1.54) is 22.2 Å². The molecule has 1 aromatic heterocycles. The van der Waals surface area contributed by atoms with Crippen molar-refractivity contribution in [2.75, 3.05) is 13.7 Å². The fourth-order valence-electron chi connectivity index (χ4n) is 2.42. The number of benzene rings is 1. The Kier molecular flexibility index (Phi) is 5.80. The Hall–Kier alpha value is -0.890. The Balaban J connectivity index is 2.36. The highest BCUT2D eigenvalue weighted by Gasteiger charge is 2.15. The van der Waals surface area contributed by atoms with Crippen LogP contribution in [0.15, 0.2) is 18.2 Å². The third kappa shape index (κ3) is 3.48. The van der Waals surface area contributed by atoms with E-state index in [0.717, 1.165) is 12.2 Å². The highest BCUT2D eigenvalue weighted by molar-refractivity contribution is 14.2. The number of hydrogen-bond acceptors (Lipinski definition) is 3. The zero-order valence-electron chi connectivity index (χ0n) is 12.4. The Bertz CT molecular complexity index is 655.